The van der Waals surface area contributed by atoms with E-state index in [1.165, 1.54) is 24.0 Å². The van der Waals surface area contributed by atoms with Gasteiger partial charge < -0.3 is 9.47 Å². The Morgan fingerprint density at radius 3 is 1.40 bits per heavy atom. The van der Waals surface area contributed by atoms with Crippen LogP contribution in [0, 0.1) is 0 Å². The van der Waals surface area contributed by atoms with Crippen LogP contribution in [0.25, 0.3) is 0 Å². The molecule has 0 aromatic heterocycles. The summed E-state index contributed by atoms with van der Waals surface area (Å²) in [5, 5.41) is 2.11. The highest BCUT2D eigenvalue weighted by molar-refractivity contribution is 9.09. The van der Waals surface area contributed by atoms with Crippen molar-refractivity contribution in [3.8, 4) is 0 Å². The number of hydrogen-bond donors (Lipinski definition) is 0. The minimum atomic E-state index is 0.703. The molecular formula is C16H24Br2O2. The molecule has 20 heavy (non-hydrogen) atoms. The van der Waals surface area contributed by atoms with Gasteiger partial charge in [-0.05, 0) is 36.8 Å². The maximum Gasteiger partial charge on any atom is 0.0716 e. The highest BCUT2D eigenvalue weighted by Gasteiger charge is 1.97. The van der Waals surface area contributed by atoms with Gasteiger partial charge >= 0.3 is 0 Å². The van der Waals surface area contributed by atoms with E-state index in [0.717, 1.165) is 36.7 Å². The largest absolute Gasteiger partial charge is 0.377 e. The zero-order valence-electron chi connectivity index (χ0n) is 12.0. The highest BCUT2D eigenvalue weighted by Crippen LogP contribution is 2.08. The van der Waals surface area contributed by atoms with Crippen molar-refractivity contribution in [2.24, 2.45) is 0 Å². The molecule has 0 spiro atoms. The normalized spacial score (nSPS) is 10.9. The average molecular weight is 408 g/mol. The molecule has 0 aliphatic heterocycles. The lowest BCUT2D eigenvalue weighted by Gasteiger charge is -2.06. The summed E-state index contributed by atoms with van der Waals surface area (Å²) in [5.41, 5.74) is 2.46. The number of alkyl halides is 2. The minimum absolute atomic E-state index is 0.703. The van der Waals surface area contributed by atoms with Crippen molar-refractivity contribution in [1.82, 2.24) is 0 Å². The molecule has 0 atom stereocenters. The van der Waals surface area contributed by atoms with Crippen molar-refractivity contribution in [1.29, 1.82) is 0 Å². The second-order valence-corrected chi connectivity index (χ2v) is 6.30. The molecule has 0 saturated carbocycles. The summed E-state index contributed by atoms with van der Waals surface area (Å²) in [4.78, 5) is 0. The van der Waals surface area contributed by atoms with Crippen molar-refractivity contribution in [3.05, 3.63) is 35.4 Å². The van der Waals surface area contributed by atoms with Gasteiger partial charge in [0.1, 0.15) is 0 Å². The zero-order valence-corrected chi connectivity index (χ0v) is 15.1. The maximum absolute atomic E-state index is 5.63. The van der Waals surface area contributed by atoms with E-state index in [9.17, 15) is 0 Å². The molecule has 4 heteroatoms. The lowest BCUT2D eigenvalue weighted by Crippen LogP contribution is -1.98. The van der Waals surface area contributed by atoms with Gasteiger partial charge in [-0.2, -0.15) is 0 Å². The van der Waals surface area contributed by atoms with Crippen LogP contribution in [0.2, 0.25) is 0 Å². The van der Waals surface area contributed by atoms with Gasteiger partial charge in [-0.15, -0.1) is 0 Å². The summed E-state index contributed by atoms with van der Waals surface area (Å²) < 4.78 is 11.3. The van der Waals surface area contributed by atoms with Gasteiger partial charge in [0.2, 0.25) is 0 Å². The SMILES string of the molecule is BrCCCCOCc1ccc(COCCCCBr)cc1. The summed E-state index contributed by atoms with van der Waals surface area (Å²) in [5.74, 6) is 0. The minimum Gasteiger partial charge on any atom is -0.377 e. The van der Waals surface area contributed by atoms with E-state index in [4.69, 9.17) is 9.47 Å². The van der Waals surface area contributed by atoms with E-state index in [0.29, 0.717) is 13.2 Å². The fourth-order valence-corrected chi connectivity index (χ4v) is 2.50. The summed E-state index contributed by atoms with van der Waals surface area (Å²) in [6, 6.07) is 8.51. The highest BCUT2D eigenvalue weighted by atomic mass is 79.9. The van der Waals surface area contributed by atoms with Crippen LogP contribution in [0.5, 0.6) is 0 Å². The quantitative estimate of drug-likeness (QED) is 0.355. The molecule has 1 aromatic carbocycles. The Morgan fingerprint density at radius 1 is 0.650 bits per heavy atom. The number of unbranched alkanes of at least 4 members (excludes halogenated alkanes) is 2. The van der Waals surface area contributed by atoms with Crippen LogP contribution in [0.1, 0.15) is 36.8 Å². The molecule has 1 rings (SSSR count). The Balaban J connectivity index is 2.13. The molecule has 0 amide bonds. The Bertz CT molecular complexity index is 295. The van der Waals surface area contributed by atoms with Crippen LogP contribution in [-0.2, 0) is 22.7 Å². The average Bonchev–Trinajstić information content (AvgIpc) is 2.48. The Hall–Kier alpha value is 0.100. The van der Waals surface area contributed by atoms with E-state index in [1.807, 2.05) is 0 Å². The van der Waals surface area contributed by atoms with E-state index in [-0.39, 0.29) is 0 Å². The van der Waals surface area contributed by atoms with Crippen molar-refractivity contribution in [2.75, 3.05) is 23.9 Å². The van der Waals surface area contributed by atoms with Crippen LogP contribution in [0.4, 0.5) is 0 Å². The molecule has 0 fully saturated rings. The smallest absolute Gasteiger partial charge is 0.0716 e. The molecule has 0 saturated heterocycles. The standard InChI is InChI=1S/C16H24Br2O2/c17-9-1-3-11-19-13-15-5-7-16(8-6-15)14-20-12-4-2-10-18/h5-8H,1-4,9-14H2. The van der Waals surface area contributed by atoms with Crippen molar-refractivity contribution in [3.63, 3.8) is 0 Å². The molecule has 0 heterocycles. The Kier molecular flexibility index (Phi) is 11.6. The molecule has 0 N–H and O–H groups in total. The van der Waals surface area contributed by atoms with Crippen LogP contribution < -0.4 is 0 Å². The fourth-order valence-electron chi connectivity index (χ4n) is 1.71. The first kappa shape index (κ1) is 18.1. The lowest BCUT2D eigenvalue weighted by atomic mass is 10.1. The first-order valence-electron chi connectivity index (χ1n) is 7.22. The number of halogens is 2. The van der Waals surface area contributed by atoms with Crippen molar-refractivity contribution in [2.45, 2.75) is 38.9 Å². The number of hydrogen-bond acceptors (Lipinski definition) is 2. The molecule has 2 nitrogen and oxygen atoms in total. The summed E-state index contributed by atoms with van der Waals surface area (Å²) in [6.07, 6.45) is 4.58. The van der Waals surface area contributed by atoms with Gasteiger partial charge in [0.25, 0.3) is 0 Å². The van der Waals surface area contributed by atoms with Crippen molar-refractivity contribution >= 4 is 31.9 Å². The third-order valence-corrected chi connectivity index (χ3v) is 4.03. The molecule has 0 aliphatic carbocycles. The number of benzene rings is 1. The van der Waals surface area contributed by atoms with Gasteiger partial charge in [-0.3, -0.25) is 0 Å². The summed E-state index contributed by atoms with van der Waals surface area (Å²) in [7, 11) is 0. The molecule has 0 unspecified atom stereocenters. The van der Waals surface area contributed by atoms with Crippen LogP contribution in [0.15, 0.2) is 24.3 Å². The lowest BCUT2D eigenvalue weighted by molar-refractivity contribution is 0.116. The number of rotatable bonds is 12. The molecular weight excluding hydrogens is 384 g/mol. The van der Waals surface area contributed by atoms with Crippen molar-refractivity contribution < 1.29 is 9.47 Å². The Morgan fingerprint density at radius 2 is 1.05 bits per heavy atom. The van der Waals surface area contributed by atoms with Crippen LogP contribution >= 0.6 is 31.9 Å². The first-order chi connectivity index (χ1) is 9.86. The molecule has 0 bridgehead atoms. The van der Waals surface area contributed by atoms with E-state index in [1.54, 1.807) is 0 Å². The maximum atomic E-state index is 5.63. The van der Waals surface area contributed by atoms with Gasteiger partial charge in [0.05, 0.1) is 13.2 Å². The number of ether oxygens (including phenoxy) is 2. The van der Waals surface area contributed by atoms with Gasteiger partial charge in [-0.25, -0.2) is 0 Å². The Labute approximate surface area is 139 Å². The molecule has 0 radical (unpaired) electrons. The molecule has 1 aromatic rings. The summed E-state index contributed by atoms with van der Waals surface area (Å²) >= 11 is 6.84. The third-order valence-electron chi connectivity index (χ3n) is 2.91. The third kappa shape index (κ3) is 9.11. The van der Waals surface area contributed by atoms with E-state index in [2.05, 4.69) is 56.1 Å². The fraction of sp³-hybridized carbons (Fsp3) is 0.625. The second-order valence-electron chi connectivity index (χ2n) is 4.71. The van der Waals surface area contributed by atoms with Gasteiger partial charge in [0.15, 0.2) is 0 Å². The zero-order chi connectivity index (χ0) is 14.5. The first-order valence-corrected chi connectivity index (χ1v) is 9.46. The van der Waals surface area contributed by atoms with Gasteiger partial charge in [0, 0.05) is 23.9 Å². The van der Waals surface area contributed by atoms with Crippen LogP contribution in [-0.4, -0.2) is 23.9 Å². The topological polar surface area (TPSA) is 18.5 Å². The van der Waals surface area contributed by atoms with E-state index >= 15 is 0 Å². The predicted octanol–water partition coefficient (Wildman–Crippen LogP) is 5.07. The van der Waals surface area contributed by atoms with E-state index < -0.39 is 0 Å². The second kappa shape index (κ2) is 12.8. The molecule has 114 valence electrons. The molecule has 0 aliphatic rings. The summed E-state index contributed by atoms with van der Waals surface area (Å²) in [6.45, 7) is 3.08. The van der Waals surface area contributed by atoms with Crippen LogP contribution in [0.3, 0.4) is 0 Å². The van der Waals surface area contributed by atoms with Gasteiger partial charge in [-0.1, -0.05) is 56.1 Å². The monoisotopic (exact) mass is 406 g/mol. The predicted molar refractivity (Wildman–Crippen MR) is 91.8 cm³/mol.